The molecule has 0 aliphatic carbocycles. The van der Waals surface area contributed by atoms with Crippen LogP contribution in [0.4, 0.5) is 10.1 Å². The second kappa shape index (κ2) is 4.46. The molecular weight excluding hydrogens is 309 g/mol. The molecule has 17 heavy (non-hydrogen) atoms. The summed E-state index contributed by atoms with van der Waals surface area (Å²) in [5, 5.41) is 8.87. The van der Waals surface area contributed by atoms with Gasteiger partial charge in [-0.3, -0.25) is 0 Å². The molecule has 2 rings (SSSR count). The van der Waals surface area contributed by atoms with E-state index in [0.29, 0.717) is 14.9 Å². The molecule has 0 atom stereocenters. The molecule has 0 radical (unpaired) electrons. The Morgan fingerprint density at radius 2 is 2.12 bits per heavy atom. The summed E-state index contributed by atoms with van der Waals surface area (Å²) >= 11 is 4.12. The quantitative estimate of drug-likeness (QED) is 0.890. The Morgan fingerprint density at radius 3 is 2.65 bits per heavy atom. The fourth-order valence-electron chi connectivity index (χ4n) is 1.39. The Balaban J connectivity index is 2.53. The SMILES string of the molecule is Nc1cc(-c2ccc(Br)cc2F)sc1C(=O)O. The van der Waals surface area contributed by atoms with E-state index in [9.17, 15) is 9.18 Å². The molecule has 0 aliphatic heterocycles. The molecule has 0 fully saturated rings. The van der Waals surface area contributed by atoms with Gasteiger partial charge in [0, 0.05) is 14.9 Å². The fraction of sp³-hybridized carbons (Fsp3) is 0. The van der Waals surface area contributed by atoms with E-state index in [2.05, 4.69) is 15.9 Å². The summed E-state index contributed by atoms with van der Waals surface area (Å²) in [7, 11) is 0. The van der Waals surface area contributed by atoms with E-state index in [1.54, 1.807) is 12.1 Å². The molecule has 0 unspecified atom stereocenters. The topological polar surface area (TPSA) is 63.3 Å². The van der Waals surface area contributed by atoms with Crippen LogP contribution < -0.4 is 5.73 Å². The lowest BCUT2D eigenvalue weighted by atomic mass is 10.2. The zero-order chi connectivity index (χ0) is 12.6. The van der Waals surface area contributed by atoms with Crippen molar-refractivity contribution in [1.29, 1.82) is 0 Å². The van der Waals surface area contributed by atoms with Crippen LogP contribution in [0, 0.1) is 5.82 Å². The van der Waals surface area contributed by atoms with Crippen molar-refractivity contribution in [3.63, 3.8) is 0 Å². The normalized spacial score (nSPS) is 10.5. The van der Waals surface area contributed by atoms with Gasteiger partial charge in [-0.2, -0.15) is 0 Å². The molecule has 3 nitrogen and oxygen atoms in total. The van der Waals surface area contributed by atoms with Gasteiger partial charge < -0.3 is 10.8 Å². The number of hydrogen-bond donors (Lipinski definition) is 2. The van der Waals surface area contributed by atoms with Gasteiger partial charge in [-0.1, -0.05) is 15.9 Å². The minimum Gasteiger partial charge on any atom is -0.477 e. The number of nitrogens with two attached hydrogens (primary N) is 1. The molecule has 0 saturated heterocycles. The number of anilines is 1. The molecule has 0 bridgehead atoms. The van der Waals surface area contributed by atoms with Gasteiger partial charge in [-0.25, -0.2) is 9.18 Å². The predicted octanol–water partition coefficient (Wildman–Crippen LogP) is 3.60. The third kappa shape index (κ3) is 2.32. The van der Waals surface area contributed by atoms with Crippen molar-refractivity contribution in [2.24, 2.45) is 0 Å². The molecule has 0 spiro atoms. The average molecular weight is 316 g/mol. The van der Waals surface area contributed by atoms with Crippen LogP contribution in [0.2, 0.25) is 0 Å². The Labute approximate surface area is 109 Å². The number of carboxylic acid groups (broad SMARTS) is 1. The zero-order valence-electron chi connectivity index (χ0n) is 8.41. The van der Waals surface area contributed by atoms with Gasteiger partial charge in [0.1, 0.15) is 10.7 Å². The van der Waals surface area contributed by atoms with Crippen molar-refractivity contribution in [2.45, 2.75) is 0 Å². The first-order chi connectivity index (χ1) is 7.99. The fourth-order valence-corrected chi connectivity index (χ4v) is 2.67. The van der Waals surface area contributed by atoms with Gasteiger partial charge in [-0.05, 0) is 24.3 Å². The first kappa shape index (κ1) is 12.1. The Hall–Kier alpha value is -1.40. The molecule has 1 aromatic heterocycles. The highest BCUT2D eigenvalue weighted by molar-refractivity contribution is 9.10. The molecule has 1 aromatic carbocycles. The summed E-state index contributed by atoms with van der Waals surface area (Å²) in [5.74, 6) is -1.52. The van der Waals surface area contributed by atoms with Gasteiger partial charge in [0.05, 0.1) is 5.69 Å². The van der Waals surface area contributed by atoms with Gasteiger partial charge in [-0.15, -0.1) is 11.3 Å². The Morgan fingerprint density at radius 1 is 1.41 bits per heavy atom. The maximum atomic E-state index is 13.7. The average Bonchev–Trinajstić information content (AvgIpc) is 2.60. The number of nitrogen functional groups attached to an aromatic ring is 1. The summed E-state index contributed by atoms with van der Waals surface area (Å²) in [4.78, 5) is 11.4. The molecule has 0 amide bonds. The second-order valence-electron chi connectivity index (χ2n) is 3.32. The molecule has 0 aliphatic rings. The van der Waals surface area contributed by atoms with Crippen molar-refractivity contribution in [3.8, 4) is 10.4 Å². The van der Waals surface area contributed by atoms with Crippen molar-refractivity contribution < 1.29 is 14.3 Å². The van der Waals surface area contributed by atoms with Gasteiger partial charge in [0.15, 0.2) is 0 Å². The van der Waals surface area contributed by atoms with E-state index < -0.39 is 11.8 Å². The number of carbonyl (C=O) groups is 1. The van der Waals surface area contributed by atoms with E-state index in [0.717, 1.165) is 11.3 Å². The van der Waals surface area contributed by atoms with Crippen LogP contribution in [0.15, 0.2) is 28.7 Å². The molecular formula is C11H7BrFNO2S. The third-order valence-electron chi connectivity index (χ3n) is 2.15. The Kier molecular flexibility index (Phi) is 3.17. The maximum Gasteiger partial charge on any atom is 0.348 e. The van der Waals surface area contributed by atoms with Crippen LogP contribution in [0.1, 0.15) is 9.67 Å². The molecule has 88 valence electrons. The predicted molar refractivity (Wildman–Crippen MR) is 68.8 cm³/mol. The van der Waals surface area contributed by atoms with Crippen LogP contribution in [0.5, 0.6) is 0 Å². The van der Waals surface area contributed by atoms with E-state index in [-0.39, 0.29) is 10.6 Å². The third-order valence-corrected chi connectivity index (χ3v) is 3.82. The zero-order valence-corrected chi connectivity index (χ0v) is 10.8. The molecule has 3 N–H and O–H groups in total. The Bertz CT molecular complexity index is 597. The molecule has 2 aromatic rings. The molecule has 1 heterocycles. The van der Waals surface area contributed by atoms with Crippen LogP contribution >= 0.6 is 27.3 Å². The van der Waals surface area contributed by atoms with Crippen LogP contribution in [-0.4, -0.2) is 11.1 Å². The number of rotatable bonds is 2. The van der Waals surface area contributed by atoms with Gasteiger partial charge >= 0.3 is 5.97 Å². The summed E-state index contributed by atoms with van der Waals surface area (Å²) in [6, 6.07) is 6.07. The summed E-state index contributed by atoms with van der Waals surface area (Å²) in [5.41, 5.74) is 6.05. The van der Waals surface area contributed by atoms with Gasteiger partial charge in [0.25, 0.3) is 0 Å². The monoisotopic (exact) mass is 315 g/mol. The summed E-state index contributed by atoms with van der Waals surface area (Å²) < 4.78 is 14.3. The van der Waals surface area contributed by atoms with Crippen LogP contribution in [0.25, 0.3) is 10.4 Å². The van der Waals surface area contributed by atoms with E-state index in [4.69, 9.17) is 10.8 Å². The van der Waals surface area contributed by atoms with Crippen molar-refractivity contribution in [2.75, 3.05) is 5.73 Å². The molecule has 0 saturated carbocycles. The summed E-state index contributed by atoms with van der Waals surface area (Å²) in [6.45, 7) is 0. The number of thiophene rings is 1. The smallest absolute Gasteiger partial charge is 0.348 e. The maximum absolute atomic E-state index is 13.7. The van der Waals surface area contributed by atoms with E-state index >= 15 is 0 Å². The van der Waals surface area contributed by atoms with Crippen LogP contribution in [0.3, 0.4) is 0 Å². The number of hydrogen-bond acceptors (Lipinski definition) is 3. The minimum atomic E-state index is -1.10. The van der Waals surface area contributed by atoms with E-state index in [1.165, 1.54) is 12.1 Å². The highest BCUT2D eigenvalue weighted by Crippen LogP contribution is 2.35. The number of halogens is 2. The lowest BCUT2D eigenvalue weighted by Crippen LogP contribution is -1.96. The summed E-state index contributed by atoms with van der Waals surface area (Å²) in [6.07, 6.45) is 0. The highest BCUT2D eigenvalue weighted by atomic mass is 79.9. The number of carboxylic acids is 1. The molecule has 6 heteroatoms. The van der Waals surface area contributed by atoms with Crippen molar-refractivity contribution in [1.82, 2.24) is 0 Å². The van der Waals surface area contributed by atoms with Crippen LogP contribution in [-0.2, 0) is 0 Å². The van der Waals surface area contributed by atoms with E-state index in [1.807, 2.05) is 0 Å². The minimum absolute atomic E-state index is 0.0299. The van der Waals surface area contributed by atoms with Crippen molar-refractivity contribution >= 4 is 38.9 Å². The highest BCUT2D eigenvalue weighted by Gasteiger charge is 2.16. The number of aromatic carboxylic acids is 1. The van der Waals surface area contributed by atoms with Crippen molar-refractivity contribution in [3.05, 3.63) is 39.4 Å². The van der Waals surface area contributed by atoms with Gasteiger partial charge in [0.2, 0.25) is 0 Å². The first-order valence-electron chi connectivity index (χ1n) is 4.57. The standard InChI is InChI=1S/C11H7BrFNO2S/c12-5-1-2-6(7(13)3-5)9-4-8(14)10(17-9)11(15)16/h1-4H,14H2,(H,15,16). The number of benzene rings is 1. The second-order valence-corrected chi connectivity index (χ2v) is 5.29. The lowest BCUT2D eigenvalue weighted by molar-refractivity contribution is 0.0703. The lowest BCUT2D eigenvalue weighted by Gasteiger charge is -1.99. The largest absolute Gasteiger partial charge is 0.477 e. The first-order valence-corrected chi connectivity index (χ1v) is 6.18.